The minimum absolute atomic E-state index is 0.0700. The Morgan fingerprint density at radius 2 is 1.84 bits per heavy atom. The van der Waals surface area contributed by atoms with Crippen molar-refractivity contribution in [3.05, 3.63) is 48.0 Å². The molecule has 1 aromatic rings. The molecule has 4 nitrogen and oxygen atoms in total. The number of carbonyl (C=O) groups is 2. The highest BCUT2D eigenvalue weighted by Crippen LogP contribution is 2.65. The minimum atomic E-state index is 0.0700. The second kappa shape index (κ2) is 7.50. The van der Waals surface area contributed by atoms with E-state index >= 15 is 0 Å². The molecule has 0 radical (unpaired) electrons. The van der Waals surface area contributed by atoms with Gasteiger partial charge in [-0.1, -0.05) is 50.3 Å². The summed E-state index contributed by atoms with van der Waals surface area (Å²) in [5.74, 6) is 2.42. The van der Waals surface area contributed by atoms with Crippen molar-refractivity contribution >= 4 is 11.8 Å². The molecule has 166 valence electrons. The average molecular weight is 421 g/mol. The summed E-state index contributed by atoms with van der Waals surface area (Å²) in [6.45, 7) is 5.40. The molecule has 4 aliphatic rings. The van der Waals surface area contributed by atoms with Crippen LogP contribution in [0.25, 0.3) is 0 Å². The summed E-state index contributed by atoms with van der Waals surface area (Å²) in [6, 6.07) is 10.5. The summed E-state index contributed by atoms with van der Waals surface area (Å²) >= 11 is 0. The zero-order valence-electron chi connectivity index (χ0n) is 19.1. The molecule has 1 N–H and O–H groups in total. The first-order valence-corrected chi connectivity index (χ1v) is 12.1. The Kier molecular flexibility index (Phi) is 5.02. The molecule has 7 atom stereocenters. The van der Waals surface area contributed by atoms with Gasteiger partial charge in [0.05, 0.1) is 0 Å². The third-order valence-electron chi connectivity index (χ3n) is 9.75. The molecule has 3 fully saturated rings. The summed E-state index contributed by atoms with van der Waals surface area (Å²) in [5.41, 5.74) is 1.33. The van der Waals surface area contributed by atoms with Gasteiger partial charge in [0.15, 0.2) is 0 Å². The van der Waals surface area contributed by atoms with Gasteiger partial charge in [-0.15, -0.1) is 0 Å². The molecule has 2 amide bonds. The van der Waals surface area contributed by atoms with Crippen molar-refractivity contribution in [1.29, 1.82) is 0 Å². The van der Waals surface area contributed by atoms with E-state index in [-0.39, 0.29) is 28.6 Å². The lowest BCUT2D eigenvalue weighted by atomic mass is 9.47. The Morgan fingerprint density at radius 3 is 2.61 bits per heavy atom. The molecule has 5 rings (SSSR count). The van der Waals surface area contributed by atoms with Gasteiger partial charge in [-0.25, -0.2) is 0 Å². The molecule has 0 saturated heterocycles. The first kappa shape index (κ1) is 20.8. The van der Waals surface area contributed by atoms with Crippen LogP contribution in [0.5, 0.6) is 0 Å². The molecule has 3 aliphatic carbocycles. The first-order chi connectivity index (χ1) is 14.8. The second-order valence-corrected chi connectivity index (χ2v) is 11.0. The normalized spacial score (nSPS) is 41.3. The van der Waals surface area contributed by atoms with E-state index in [9.17, 15) is 9.59 Å². The Morgan fingerprint density at radius 1 is 1.06 bits per heavy atom. The SMILES string of the molecule is CN1C(=O)C=C[C@@]2(C)C1CC[C@@H]1[C@H]2CC[C@]2(C)C(C(=O)NCc3ccccc3)CC[C@@H]12. The van der Waals surface area contributed by atoms with E-state index in [0.29, 0.717) is 30.3 Å². The van der Waals surface area contributed by atoms with E-state index in [4.69, 9.17) is 0 Å². The second-order valence-electron chi connectivity index (χ2n) is 11.0. The maximum absolute atomic E-state index is 13.2. The van der Waals surface area contributed by atoms with Gasteiger partial charge in [-0.3, -0.25) is 9.59 Å². The largest absolute Gasteiger partial charge is 0.352 e. The van der Waals surface area contributed by atoms with Crippen molar-refractivity contribution in [3.8, 4) is 0 Å². The molecule has 3 saturated carbocycles. The van der Waals surface area contributed by atoms with Crippen LogP contribution in [0.3, 0.4) is 0 Å². The number of amides is 2. The number of carbonyl (C=O) groups excluding carboxylic acids is 2. The third-order valence-corrected chi connectivity index (χ3v) is 9.75. The summed E-state index contributed by atoms with van der Waals surface area (Å²) in [5, 5.41) is 3.24. The number of likely N-dealkylation sites (N-methyl/N-ethyl adjacent to an activating group) is 1. The number of fused-ring (bicyclic) bond motifs is 5. The third kappa shape index (κ3) is 3.16. The zero-order chi connectivity index (χ0) is 21.8. The first-order valence-electron chi connectivity index (χ1n) is 12.1. The minimum Gasteiger partial charge on any atom is -0.352 e. The number of benzene rings is 1. The average Bonchev–Trinajstić information content (AvgIpc) is 3.13. The van der Waals surface area contributed by atoms with Crippen LogP contribution in [0.2, 0.25) is 0 Å². The lowest BCUT2D eigenvalue weighted by Gasteiger charge is -2.60. The summed E-state index contributed by atoms with van der Waals surface area (Å²) < 4.78 is 0. The molecular formula is C27H36N2O2. The van der Waals surface area contributed by atoms with Crippen molar-refractivity contribution in [1.82, 2.24) is 10.2 Å². The summed E-state index contributed by atoms with van der Waals surface area (Å²) in [6.07, 6.45) is 10.8. The fraction of sp³-hybridized carbons (Fsp3) is 0.630. The fourth-order valence-corrected chi connectivity index (χ4v) is 8.08. The Balaban J connectivity index is 1.33. The van der Waals surface area contributed by atoms with Crippen LogP contribution < -0.4 is 5.32 Å². The molecule has 0 spiro atoms. The number of rotatable bonds is 3. The smallest absolute Gasteiger partial charge is 0.246 e. The zero-order valence-corrected chi connectivity index (χ0v) is 19.1. The molecule has 31 heavy (non-hydrogen) atoms. The number of nitrogens with zero attached hydrogens (tertiary/aromatic N) is 1. The quantitative estimate of drug-likeness (QED) is 0.779. The predicted molar refractivity (Wildman–Crippen MR) is 122 cm³/mol. The monoisotopic (exact) mass is 420 g/mol. The Hall–Kier alpha value is -2.10. The lowest BCUT2D eigenvalue weighted by molar-refractivity contribution is -0.142. The highest BCUT2D eigenvalue weighted by atomic mass is 16.2. The number of nitrogens with one attached hydrogen (secondary N) is 1. The maximum atomic E-state index is 13.2. The summed E-state index contributed by atoms with van der Waals surface area (Å²) in [7, 11) is 1.98. The van der Waals surface area contributed by atoms with E-state index in [0.717, 1.165) is 24.8 Å². The van der Waals surface area contributed by atoms with Crippen LogP contribution in [0.15, 0.2) is 42.5 Å². The molecule has 0 aromatic heterocycles. The van der Waals surface area contributed by atoms with Crippen LogP contribution >= 0.6 is 0 Å². The molecule has 4 heteroatoms. The van der Waals surface area contributed by atoms with Gasteiger partial charge in [0.2, 0.25) is 11.8 Å². The van der Waals surface area contributed by atoms with Crippen molar-refractivity contribution in [2.75, 3.05) is 7.05 Å². The number of hydrogen-bond acceptors (Lipinski definition) is 2. The molecule has 2 unspecified atom stereocenters. The topological polar surface area (TPSA) is 49.4 Å². The van der Waals surface area contributed by atoms with E-state index < -0.39 is 0 Å². The molecule has 1 aromatic carbocycles. The van der Waals surface area contributed by atoms with E-state index in [1.54, 1.807) is 6.08 Å². The Labute approximate surface area is 186 Å². The van der Waals surface area contributed by atoms with Crippen molar-refractivity contribution in [2.45, 2.75) is 65.0 Å². The Bertz CT molecular complexity index is 896. The van der Waals surface area contributed by atoms with Crippen molar-refractivity contribution < 1.29 is 9.59 Å². The van der Waals surface area contributed by atoms with Gasteiger partial charge in [0.1, 0.15) is 0 Å². The van der Waals surface area contributed by atoms with Gasteiger partial charge in [-0.2, -0.15) is 0 Å². The standard InChI is InChI=1S/C27H36N2O2/c1-26-15-13-21-19(9-12-23-27(21,2)16-14-24(30)29(23)3)20(26)10-11-22(26)25(31)28-17-18-7-5-4-6-8-18/h4-8,14,16,19-23H,9-13,15,17H2,1-3H3,(H,28,31)/t19-,20-,21+,22?,23?,26-,27+/m0/s1. The van der Waals surface area contributed by atoms with Crippen LogP contribution in [-0.2, 0) is 16.1 Å². The van der Waals surface area contributed by atoms with Crippen molar-refractivity contribution in [3.63, 3.8) is 0 Å². The van der Waals surface area contributed by atoms with Gasteiger partial charge < -0.3 is 10.2 Å². The maximum Gasteiger partial charge on any atom is 0.246 e. The lowest BCUT2D eigenvalue weighted by Crippen LogP contribution is -2.59. The summed E-state index contributed by atoms with van der Waals surface area (Å²) in [4.78, 5) is 27.5. The molecular weight excluding hydrogens is 384 g/mol. The van der Waals surface area contributed by atoms with E-state index in [2.05, 4.69) is 37.4 Å². The molecule has 1 aliphatic heterocycles. The highest BCUT2D eigenvalue weighted by molar-refractivity contribution is 5.89. The highest BCUT2D eigenvalue weighted by Gasteiger charge is 2.61. The molecule has 1 heterocycles. The van der Waals surface area contributed by atoms with Gasteiger partial charge in [0.25, 0.3) is 0 Å². The van der Waals surface area contributed by atoms with E-state index in [1.807, 2.05) is 30.1 Å². The number of hydrogen-bond donors (Lipinski definition) is 1. The van der Waals surface area contributed by atoms with E-state index in [1.165, 1.54) is 19.3 Å². The van der Waals surface area contributed by atoms with Gasteiger partial charge in [-0.05, 0) is 73.3 Å². The van der Waals surface area contributed by atoms with Crippen LogP contribution in [0.1, 0.15) is 57.9 Å². The van der Waals surface area contributed by atoms with Gasteiger partial charge in [0, 0.05) is 31.0 Å². The van der Waals surface area contributed by atoms with Crippen LogP contribution in [0.4, 0.5) is 0 Å². The van der Waals surface area contributed by atoms with Crippen LogP contribution in [0, 0.1) is 34.5 Å². The van der Waals surface area contributed by atoms with Gasteiger partial charge >= 0.3 is 0 Å². The molecule has 0 bridgehead atoms. The van der Waals surface area contributed by atoms with Crippen LogP contribution in [-0.4, -0.2) is 29.8 Å². The van der Waals surface area contributed by atoms with Crippen molar-refractivity contribution in [2.24, 2.45) is 34.5 Å². The fourth-order valence-electron chi connectivity index (χ4n) is 8.08. The predicted octanol–water partition coefficient (Wildman–Crippen LogP) is 4.56.